The van der Waals surface area contributed by atoms with Gasteiger partial charge in [0, 0.05) is 32.4 Å². The molecule has 0 N–H and O–H groups in total. The number of nitrogens with zero attached hydrogens (tertiary/aromatic N) is 5. The van der Waals surface area contributed by atoms with Crippen LogP contribution in [-0.2, 0) is 20.3 Å². The van der Waals surface area contributed by atoms with Crippen LogP contribution in [-0.4, -0.2) is 46.0 Å². The third-order valence-electron chi connectivity index (χ3n) is 6.36. The van der Waals surface area contributed by atoms with Crippen LogP contribution in [0.25, 0.3) is 0 Å². The van der Waals surface area contributed by atoms with Gasteiger partial charge in [-0.3, -0.25) is 4.90 Å². The van der Waals surface area contributed by atoms with Crippen molar-refractivity contribution in [3.8, 4) is 11.5 Å². The van der Waals surface area contributed by atoms with E-state index in [0.29, 0.717) is 18.0 Å². The van der Waals surface area contributed by atoms with Crippen molar-refractivity contribution >= 4 is 17.9 Å². The summed E-state index contributed by atoms with van der Waals surface area (Å²) in [6.45, 7) is 4.17. The Morgan fingerprint density at radius 3 is 2.52 bits per heavy atom. The quantitative estimate of drug-likeness (QED) is 0.498. The molecule has 2 aromatic carbocycles. The maximum Gasteiger partial charge on any atom is 0.198 e. The van der Waals surface area contributed by atoms with E-state index in [2.05, 4.69) is 41.1 Å². The van der Waals surface area contributed by atoms with Gasteiger partial charge in [0.15, 0.2) is 28.2 Å². The molecule has 2 aliphatic rings. The Bertz CT molecular complexity index is 1150. The second kappa shape index (κ2) is 9.57. The molecule has 8 heteroatoms. The lowest BCUT2D eigenvalue weighted by Crippen LogP contribution is -2.29. The van der Waals surface area contributed by atoms with Gasteiger partial charge < -0.3 is 18.9 Å². The number of hydrogen-bond acceptors (Lipinski definition) is 6. The van der Waals surface area contributed by atoms with Gasteiger partial charge in [-0.1, -0.05) is 24.3 Å². The maximum absolute atomic E-state index is 6.14. The number of ether oxygens (including phenoxy) is 2. The third-order valence-corrected chi connectivity index (χ3v) is 6.84. The molecule has 1 fully saturated rings. The summed E-state index contributed by atoms with van der Waals surface area (Å²) in [5, 5.41) is 4.78. The van der Waals surface area contributed by atoms with Crippen molar-refractivity contribution in [3.05, 3.63) is 64.7 Å². The molecule has 1 aromatic heterocycles. The molecule has 5 rings (SSSR count). The number of anilines is 1. The molecule has 0 saturated carbocycles. The molecule has 1 unspecified atom stereocenters. The first kappa shape index (κ1) is 22.0. The molecule has 0 aliphatic carbocycles. The van der Waals surface area contributed by atoms with E-state index in [4.69, 9.17) is 26.8 Å². The van der Waals surface area contributed by atoms with E-state index in [0.717, 1.165) is 23.9 Å². The molecule has 33 heavy (non-hydrogen) atoms. The van der Waals surface area contributed by atoms with Crippen LogP contribution in [0.3, 0.4) is 0 Å². The SMILES string of the molecule is CN(Cc1ccc(N2CCCCC2)cc1)Cn1nc(C2COc3ccccc3O2)n(C)c1=S. The Morgan fingerprint density at radius 1 is 1.03 bits per heavy atom. The molecule has 0 radical (unpaired) electrons. The molecule has 2 aliphatic heterocycles. The maximum atomic E-state index is 6.14. The van der Waals surface area contributed by atoms with Crippen LogP contribution < -0.4 is 14.4 Å². The van der Waals surface area contributed by atoms with Gasteiger partial charge in [0.05, 0.1) is 6.67 Å². The van der Waals surface area contributed by atoms with Crippen LogP contribution in [0.15, 0.2) is 48.5 Å². The number of benzene rings is 2. The van der Waals surface area contributed by atoms with E-state index in [9.17, 15) is 0 Å². The largest absolute Gasteiger partial charge is 0.485 e. The van der Waals surface area contributed by atoms with E-state index in [1.54, 1.807) is 0 Å². The minimum absolute atomic E-state index is 0.291. The molecular formula is C25H31N5O2S. The Kier molecular flexibility index (Phi) is 6.37. The lowest BCUT2D eigenvalue weighted by Gasteiger charge is -2.29. The standard InChI is InChI=1S/C25H31N5O2S/c1-27(16-19-10-12-20(13-11-19)29-14-6-3-7-15-29)18-30-25(33)28(2)24(26-30)23-17-31-21-8-4-5-9-22(21)32-23/h4-5,8-13,23H,3,6-7,14-18H2,1-2H3. The summed E-state index contributed by atoms with van der Waals surface area (Å²) >= 11 is 5.67. The van der Waals surface area contributed by atoms with Crippen molar-refractivity contribution < 1.29 is 9.47 Å². The zero-order valence-corrected chi connectivity index (χ0v) is 20.1. The normalized spacial score (nSPS) is 18.0. The number of rotatable bonds is 6. The molecule has 1 atom stereocenters. The average Bonchev–Trinajstić information content (AvgIpc) is 3.13. The lowest BCUT2D eigenvalue weighted by molar-refractivity contribution is 0.0821. The summed E-state index contributed by atoms with van der Waals surface area (Å²) < 4.78 is 16.5. The summed E-state index contributed by atoms with van der Waals surface area (Å²) in [4.78, 5) is 4.71. The van der Waals surface area contributed by atoms with Gasteiger partial charge in [0.2, 0.25) is 0 Å². The second-order valence-corrected chi connectivity index (χ2v) is 9.30. The van der Waals surface area contributed by atoms with Crippen LogP contribution in [0, 0.1) is 4.77 Å². The molecule has 1 saturated heterocycles. The van der Waals surface area contributed by atoms with Crippen LogP contribution in [0.1, 0.15) is 36.8 Å². The molecular weight excluding hydrogens is 434 g/mol. The van der Waals surface area contributed by atoms with E-state index in [1.807, 2.05) is 40.6 Å². The average molecular weight is 466 g/mol. The third kappa shape index (κ3) is 4.77. The van der Waals surface area contributed by atoms with E-state index in [-0.39, 0.29) is 6.10 Å². The van der Waals surface area contributed by atoms with Crippen LogP contribution >= 0.6 is 12.2 Å². The van der Waals surface area contributed by atoms with Gasteiger partial charge in [-0.25, -0.2) is 4.68 Å². The first-order valence-corrected chi connectivity index (χ1v) is 12.0. The van der Waals surface area contributed by atoms with E-state index < -0.39 is 0 Å². The fraction of sp³-hybridized carbons (Fsp3) is 0.440. The fourth-order valence-electron chi connectivity index (χ4n) is 4.58. The highest BCUT2D eigenvalue weighted by Gasteiger charge is 2.27. The van der Waals surface area contributed by atoms with Crippen molar-refractivity contribution in [1.29, 1.82) is 0 Å². The molecule has 3 aromatic rings. The monoisotopic (exact) mass is 465 g/mol. The second-order valence-electron chi connectivity index (χ2n) is 8.93. The van der Waals surface area contributed by atoms with Crippen molar-refractivity contribution in [2.24, 2.45) is 7.05 Å². The first-order chi connectivity index (χ1) is 16.1. The van der Waals surface area contributed by atoms with E-state index >= 15 is 0 Å². The van der Waals surface area contributed by atoms with Crippen molar-refractivity contribution in [2.45, 2.75) is 38.6 Å². The van der Waals surface area contributed by atoms with E-state index in [1.165, 1.54) is 43.6 Å². The van der Waals surface area contributed by atoms with Crippen molar-refractivity contribution in [3.63, 3.8) is 0 Å². The summed E-state index contributed by atoms with van der Waals surface area (Å²) in [7, 11) is 4.02. The summed E-state index contributed by atoms with van der Waals surface area (Å²) in [5.41, 5.74) is 2.61. The van der Waals surface area contributed by atoms with Crippen LogP contribution in [0.4, 0.5) is 5.69 Å². The van der Waals surface area contributed by atoms with Gasteiger partial charge in [-0.2, -0.15) is 5.10 Å². The van der Waals surface area contributed by atoms with Gasteiger partial charge in [0.1, 0.15) is 6.61 Å². The minimum atomic E-state index is -0.291. The highest BCUT2D eigenvalue weighted by atomic mass is 32.1. The Labute approximate surface area is 200 Å². The Morgan fingerprint density at radius 2 is 1.76 bits per heavy atom. The zero-order valence-electron chi connectivity index (χ0n) is 19.3. The fourth-order valence-corrected chi connectivity index (χ4v) is 4.77. The minimum Gasteiger partial charge on any atom is -0.485 e. The molecule has 0 spiro atoms. The number of fused-ring (bicyclic) bond motifs is 1. The van der Waals surface area contributed by atoms with Gasteiger partial charge in [0.25, 0.3) is 0 Å². The Hall–Kier alpha value is -2.84. The highest BCUT2D eigenvalue weighted by Crippen LogP contribution is 2.35. The topological polar surface area (TPSA) is 47.7 Å². The molecule has 3 heterocycles. The summed E-state index contributed by atoms with van der Waals surface area (Å²) in [6, 6.07) is 16.7. The number of para-hydroxylation sites is 2. The van der Waals surface area contributed by atoms with Gasteiger partial charge in [-0.05, 0) is 68.4 Å². The van der Waals surface area contributed by atoms with Crippen LogP contribution in [0.5, 0.6) is 11.5 Å². The molecule has 0 amide bonds. The first-order valence-electron chi connectivity index (χ1n) is 11.6. The van der Waals surface area contributed by atoms with Crippen molar-refractivity contribution in [2.75, 3.05) is 31.6 Å². The molecule has 0 bridgehead atoms. The highest BCUT2D eigenvalue weighted by molar-refractivity contribution is 7.71. The van der Waals surface area contributed by atoms with Gasteiger partial charge >= 0.3 is 0 Å². The van der Waals surface area contributed by atoms with Gasteiger partial charge in [-0.15, -0.1) is 0 Å². The molecule has 174 valence electrons. The smallest absolute Gasteiger partial charge is 0.198 e. The number of piperidine rings is 1. The summed E-state index contributed by atoms with van der Waals surface area (Å²) in [6.07, 6.45) is 3.65. The number of hydrogen-bond donors (Lipinski definition) is 0. The summed E-state index contributed by atoms with van der Waals surface area (Å²) in [5.74, 6) is 2.27. The van der Waals surface area contributed by atoms with Crippen LogP contribution in [0.2, 0.25) is 0 Å². The Balaban J connectivity index is 1.24. The lowest BCUT2D eigenvalue weighted by atomic mass is 10.1. The predicted octanol–water partition coefficient (Wildman–Crippen LogP) is 4.54. The molecule has 7 nitrogen and oxygen atoms in total. The van der Waals surface area contributed by atoms with Crippen molar-refractivity contribution in [1.82, 2.24) is 19.2 Å². The zero-order chi connectivity index (χ0) is 22.8. The predicted molar refractivity (Wildman–Crippen MR) is 131 cm³/mol. The number of aromatic nitrogens is 3.